The maximum Gasteiger partial charge on any atom is 0.0542 e. The highest BCUT2D eigenvalue weighted by Gasteiger charge is 2.23. The summed E-state index contributed by atoms with van der Waals surface area (Å²) in [5, 5.41) is 9.73. The van der Waals surface area contributed by atoms with Gasteiger partial charge in [0.25, 0.3) is 0 Å². The molecule has 1 nitrogen and oxygen atoms in total. The Morgan fingerprint density at radius 3 is 1.73 bits per heavy atom. The van der Waals surface area contributed by atoms with Gasteiger partial charge in [0.2, 0.25) is 0 Å². The summed E-state index contributed by atoms with van der Waals surface area (Å²) in [5.41, 5.74) is 0.402. The first-order valence-corrected chi connectivity index (χ1v) is 6.31. The van der Waals surface area contributed by atoms with Crippen molar-refractivity contribution in [1.29, 1.82) is 0 Å². The van der Waals surface area contributed by atoms with Crippen molar-refractivity contribution in [1.82, 2.24) is 0 Å². The van der Waals surface area contributed by atoms with Crippen molar-refractivity contribution < 1.29 is 5.11 Å². The second kappa shape index (κ2) is 5.89. The van der Waals surface area contributed by atoms with Crippen LogP contribution in [0.5, 0.6) is 0 Å². The maximum absolute atomic E-state index is 9.73. The van der Waals surface area contributed by atoms with Gasteiger partial charge in [-0.05, 0) is 42.9 Å². The van der Waals surface area contributed by atoms with Gasteiger partial charge in [0.1, 0.15) is 0 Å². The Hall–Kier alpha value is -0.0400. The van der Waals surface area contributed by atoms with Crippen LogP contribution in [0.1, 0.15) is 61.3 Å². The molecule has 0 saturated carbocycles. The van der Waals surface area contributed by atoms with Crippen molar-refractivity contribution in [3.63, 3.8) is 0 Å². The fourth-order valence-corrected chi connectivity index (χ4v) is 2.62. The average molecular weight is 214 g/mol. The quantitative estimate of drug-likeness (QED) is 0.730. The Morgan fingerprint density at radius 2 is 1.47 bits per heavy atom. The molecule has 0 saturated heterocycles. The van der Waals surface area contributed by atoms with E-state index < -0.39 is 0 Å². The van der Waals surface area contributed by atoms with Gasteiger partial charge in [-0.1, -0.05) is 41.5 Å². The molecular weight excluding hydrogens is 184 g/mol. The van der Waals surface area contributed by atoms with Crippen LogP contribution in [0.2, 0.25) is 0 Å². The number of hydrogen-bond donors (Lipinski definition) is 1. The molecule has 0 aromatic carbocycles. The van der Waals surface area contributed by atoms with E-state index in [9.17, 15) is 5.11 Å². The number of hydrogen-bond acceptors (Lipinski definition) is 1. The monoisotopic (exact) mass is 214 g/mol. The summed E-state index contributed by atoms with van der Waals surface area (Å²) in [5.74, 6) is 1.72. The highest BCUT2D eigenvalue weighted by atomic mass is 16.3. The van der Waals surface area contributed by atoms with Crippen molar-refractivity contribution in [2.75, 3.05) is 0 Å². The Balaban J connectivity index is 4.18. The molecular formula is C14H30O. The molecule has 0 radical (unpaired) electrons. The third-order valence-corrected chi connectivity index (χ3v) is 3.11. The van der Waals surface area contributed by atoms with Gasteiger partial charge in [0.15, 0.2) is 0 Å². The van der Waals surface area contributed by atoms with Gasteiger partial charge in [0, 0.05) is 0 Å². The summed E-state index contributed by atoms with van der Waals surface area (Å²) in [6.07, 6.45) is 2.21. The molecule has 1 N–H and O–H groups in total. The lowest BCUT2D eigenvalue weighted by atomic mass is 9.77. The number of aliphatic hydroxyl groups is 1. The summed E-state index contributed by atoms with van der Waals surface area (Å²) in [6, 6.07) is 0. The predicted octanol–water partition coefficient (Wildman–Crippen LogP) is 4.10. The van der Waals surface area contributed by atoms with Gasteiger partial charge in [-0.3, -0.25) is 0 Å². The van der Waals surface area contributed by atoms with E-state index in [0.717, 1.165) is 6.42 Å². The Bertz CT molecular complexity index is 157. The van der Waals surface area contributed by atoms with Crippen molar-refractivity contribution >= 4 is 0 Å². The number of rotatable bonds is 5. The minimum atomic E-state index is -0.174. The van der Waals surface area contributed by atoms with Gasteiger partial charge in [0.05, 0.1) is 6.10 Å². The highest BCUT2D eigenvalue weighted by molar-refractivity contribution is 4.74. The highest BCUT2D eigenvalue weighted by Crippen LogP contribution is 2.31. The predicted molar refractivity (Wildman–Crippen MR) is 67.9 cm³/mol. The topological polar surface area (TPSA) is 20.2 Å². The maximum atomic E-state index is 9.73. The molecule has 92 valence electrons. The molecule has 3 unspecified atom stereocenters. The van der Waals surface area contributed by atoms with Crippen LogP contribution in [0.15, 0.2) is 0 Å². The molecule has 0 aliphatic rings. The average Bonchev–Trinajstić information content (AvgIpc) is 1.95. The van der Waals surface area contributed by atoms with E-state index in [1.54, 1.807) is 0 Å². The lowest BCUT2D eigenvalue weighted by molar-refractivity contribution is 0.0763. The van der Waals surface area contributed by atoms with Crippen molar-refractivity contribution in [3.8, 4) is 0 Å². The Kier molecular flexibility index (Phi) is 5.87. The summed E-state index contributed by atoms with van der Waals surface area (Å²) in [4.78, 5) is 0. The number of aliphatic hydroxyl groups excluding tert-OH is 1. The van der Waals surface area contributed by atoms with Crippen LogP contribution in [-0.2, 0) is 0 Å². The Morgan fingerprint density at radius 1 is 1.00 bits per heavy atom. The van der Waals surface area contributed by atoms with Crippen molar-refractivity contribution in [3.05, 3.63) is 0 Å². The molecule has 0 bridgehead atoms. The minimum absolute atomic E-state index is 0.174. The zero-order chi connectivity index (χ0) is 12.2. The molecule has 0 aromatic heterocycles. The van der Waals surface area contributed by atoms with Crippen LogP contribution in [0.3, 0.4) is 0 Å². The van der Waals surface area contributed by atoms with E-state index in [1.165, 1.54) is 6.42 Å². The van der Waals surface area contributed by atoms with Crippen LogP contribution >= 0.6 is 0 Å². The van der Waals surface area contributed by atoms with E-state index >= 15 is 0 Å². The van der Waals surface area contributed by atoms with E-state index in [2.05, 4.69) is 41.5 Å². The summed E-state index contributed by atoms with van der Waals surface area (Å²) in [7, 11) is 0. The van der Waals surface area contributed by atoms with Crippen LogP contribution < -0.4 is 0 Å². The second-order valence-electron chi connectivity index (χ2n) is 6.75. The van der Waals surface area contributed by atoms with Gasteiger partial charge >= 0.3 is 0 Å². The lowest BCUT2D eigenvalue weighted by Gasteiger charge is -2.30. The minimum Gasteiger partial charge on any atom is -0.393 e. The zero-order valence-electron chi connectivity index (χ0n) is 11.7. The fourth-order valence-electron chi connectivity index (χ4n) is 2.62. The molecule has 0 fully saturated rings. The lowest BCUT2D eigenvalue weighted by Crippen LogP contribution is -2.25. The normalized spacial score (nSPS) is 19.0. The molecule has 0 aromatic rings. The fraction of sp³-hybridized carbons (Fsp3) is 1.00. The summed E-state index contributed by atoms with van der Waals surface area (Å²) < 4.78 is 0. The molecule has 0 amide bonds. The molecule has 0 rings (SSSR count). The standard InChI is InChI=1S/C14H30O/c1-10(2)13(12(4)15)8-11(3)9-14(5,6)7/h10-13,15H,8-9H2,1-7H3. The molecule has 0 heterocycles. The Labute approximate surface area is 96.3 Å². The third kappa shape index (κ3) is 6.94. The van der Waals surface area contributed by atoms with Gasteiger partial charge in [-0.2, -0.15) is 0 Å². The van der Waals surface area contributed by atoms with E-state index in [1.807, 2.05) is 6.92 Å². The van der Waals surface area contributed by atoms with Crippen LogP contribution in [0.4, 0.5) is 0 Å². The molecule has 0 aliphatic heterocycles. The van der Waals surface area contributed by atoms with Crippen LogP contribution in [0, 0.1) is 23.2 Å². The largest absolute Gasteiger partial charge is 0.393 e. The van der Waals surface area contributed by atoms with Crippen molar-refractivity contribution in [2.45, 2.75) is 67.4 Å². The first-order chi connectivity index (χ1) is 6.63. The zero-order valence-corrected chi connectivity index (χ0v) is 11.7. The third-order valence-electron chi connectivity index (χ3n) is 3.11. The van der Waals surface area contributed by atoms with Gasteiger partial charge < -0.3 is 5.11 Å². The van der Waals surface area contributed by atoms with Gasteiger partial charge in [-0.25, -0.2) is 0 Å². The van der Waals surface area contributed by atoms with Gasteiger partial charge in [-0.15, -0.1) is 0 Å². The molecule has 15 heavy (non-hydrogen) atoms. The first-order valence-electron chi connectivity index (χ1n) is 6.31. The summed E-state index contributed by atoms with van der Waals surface area (Å²) in [6.45, 7) is 15.5. The first kappa shape index (κ1) is 15.0. The molecule has 0 aliphatic carbocycles. The van der Waals surface area contributed by atoms with E-state index in [-0.39, 0.29) is 6.10 Å². The molecule has 1 heteroatoms. The molecule has 3 atom stereocenters. The second-order valence-corrected chi connectivity index (χ2v) is 6.75. The smallest absolute Gasteiger partial charge is 0.0542 e. The summed E-state index contributed by atoms with van der Waals surface area (Å²) >= 11 is 0. The van der Waals surface area contributed by atoms with E-state index in [4.69, 9.17) is 0 Å². The van der Waals surface area contributed by atoms with Crippen molar-refractivity contribution in [2.24, 2.45) is 23.2 Å². The van der Waals surface area contributed by atoms with E-state index in [0.29, 0.717) is 23.2 Å². The van der Waals surface area contributed by atoms with Crippen LogP contribution in [-0.4, -0.2) is 11.2 Å². The molecule has 0 spiro atoms. The SMILES string of the molecule is CC(CC(C(C)C)C(C)O)CC(C)(C)C. The van der Waals surface area contributed by atoms with Crippen LogP contribution in [0.25, 0.3) is 0 Å².